The fourth-order valence-electron chi connectivity index (χ4n) is 3.35. The third-order valence-corrected chi connectivity index (χ3v) is 4.39. The van der Waals surface area contributed by atoms with E-state index in [1.807, 2.05) is 20.8 Å². The molecular weight excluding hydrogens is 280 g/mol. The minimum absolute atomic E-state index is 0.0820. The van der Waals surface area contributed by atoms with Gasteiger partial charge in [-0.25, -0.2) is 4.79 Å². The smallest absolute Gasteiger partial charge is 0.269 e. The van der Waals surface area contributed by atoms with E-state index in [4.69, 9.17) is 14.8 Å². The van der Waals surface area contributed by atoms with Gasteiger partial charge in [-0.2, -0.15) is 4.89 Å². The third-order valence-electron chi connectivity index (χ3n) is 4.39. The van der Waals surface area contributed by atoms with Gasteiger partial charge >= 0.3 is 5.97 Å². The van der Waals surface area contributed by atoms with E-state index in [1.165, 1.54) is 0 Å². The summed E-state index contributed by atoms with van der Waals surface area (Å²) in [6.45, 7) is 16.7. The summed E-state index contributed by atoms with van der Waals surface area (Å²) in [6, 6.07) is 0. The number of hydrogen-bond acceptors (Lipinski definition) is 4. The summed E-state index contributed by atoms with van der Waals surface area (Å²) in [6.07, 6.45) is 4.63. The van der Waals surface area contributed by atoms with Crippen molar-refractivity contribution in [3.63, 3.8) is 0 Å². The van der Waals surface area contributed by atoms with Crippen LogP contribution in [0.2, 0.25) is 0 Å². The van der Waals surface area contributed by atoms with E-state index in [0.29, 0.717) is 0 Å². The molecule has 4 nitrogen and oxygen atoms in total. The summed E-state index contributed by atoms with van der Waals surface area (Å²) in [5.41, 5.74) is -0.447. The van der Waals surface area contributed by atoms with E-state index in [9.17, 15) is 4.79 Å². The maximum absolute atomic E-state index is 12.0. The Bertz CT molecular complexity index is 318. The zero-order valence-electron chi connectivity index (χ0n) is 15.8. The Balaban J connectivity index is 4.45. The molecule has 0 aromatic rings. The lowest BCUT2D eigenvalue weighted by Gasteiger charge is -2.40. The highest BCUT2D eigenvalue weighted by Crippen LogP contribution is 2.39. The molecule has 0 aliphatic heterocycles. The molecule has 2 atom stereocenters. The van der Waals surface area contributed by atoms with Gasteiger partial charge in [0.2, 0.25) is 0 Å². The first-order chi connectivity index (χ1) is 10.1. The first-order valence-electron chi connectivity index (χ1n) is 8.66. The van der Waals surface area contributed by atoms with E-state index in [2.05, 4.69) is 34.6 Å². The average Bonchev–Trinajstić information content (AvgIpc) is 2.37. The van der Waals surface area contributed by atoms with Crippen LogP contribution in [0, 0.1) is 17.3 Å². The molecule has 0 aromatic heterocycles. The molecular formula is C18H36O4. The van der Waals surface area contributed by atoms with Crippen LogP contribution in [-0.4, -0.2) is 11.6 Å². The maximum Gasteiger partial charge on any atom is 0.348 e. The van der Waals surface area contributed by atoms with Crippen LogP contribution < -0.4 is 0 Å². The second-order valence-electron chi connectivity index (χ2n) is 7.73. The molecule has 0 amide bonds. The summed E-state index contributed by atoms with van der Waals surface area (Å²) in [5, 5.41) is 4.85. The number of rotatable bonds is 10. The van der Waals surface area contributed by atoms with E-state index in [0.717, 1.165) is 32.1 Å². The van der Waals surface area contributed by atoms with Gasteiger partial charge in [0.15, 0.2) is 0 Å². The number of carbonyl (C=O) groups excluding carboxylic acids is 1. The fraction of sp³-hybridized carbons (Fsp3) is 0.944. The second kappa shape index (κ2) is 9.51. The van der Waals surface area contributed by atoms with Crippen LogP contribution in [-0.2, 0) is 19.6 Å². The van der Waals surface area contributed by atoms with Crippen molar-refractivity contribution in [1.29, 1.82) is 0 Å². The van der Waals surface area contributed by atoms with Crippen molar-refractivity contribution in [2.45, 2.75) is 93.1 Å². The minimum atomic E-state index is -0.529. The lowest BCUT2D eigenvalue weighted by atomic mass is 9.70. The summed E-state index contributed by atoms with van der Waals surface area (Å²) < 4.78 is 0. The zero-order valence-corrected chi connectivity index (χ0v) is 15.8. The predicted molar refractivity (Wildman–Crippen MR) is 88.9 cm³/mol. The molecule has 0 saturated heterocycles. The van der Waals surface area contributed by atoms with Gasteiger partial charge in [0.05, 0.1) is 5.92 Å². The normalized spacial score (nSPS) is 15.5. The van der Waals surface area contributed by atoms with Gasteiger partial charge in [0.1, 0.15) is 5.60 Å². The Morgan fingerprint density at radius 1 is 1.00 bits per heavy atom. The number of carbonyl (C=O) groups is 1. The van der Waals surface area contributed by atoms with E-state index < -0.39 is 5.60 Å². The lowest BCUT2D eigenvalue weighted by Crippen LogP contribution is -2.42. The zero-order chi connectivity index (χ0) is 17.4. The van der Waals surface area contributed by atoms with Gasteiger partial charge in [0.25, 0.3) is 0 Å². The molecule has 132 valence electrons. The molecule has 4 heteroatoms. The summed E-state index contributed by atoms with van der Waals surface area (Å²) in [4.78, 5) is 22.3. The molecule has 22 heavy (non-hydrogen) atoms. The summed E-state index contributed by atoms with van der Waals surface area (Å²) in [5.74, 6) is -0.174. The average molecular weight is 316 g/mol. The van der Waals surface area contributed by atoms with E-state index in [-0.39, 0.29) is 23.2 Å². The van der Waals surface area contributed by atoms with Crippen LogP contribution in [0.1, 0.15) is 87.5 Å². The molecule has 0 rings (SSSR count). The number of hydrogen-bond donors (Lipinski definition) is 0. The van der Waals surface area contributed by atoms with Crippen LogP contribution in [0.3, 0.4) is 0 Å². The van der Waals surface area contributed by atoms with Crippen LogP contribution in [0.5, 0.6) is 0 Å². The van der Waals surface area contributed by atoms with Crippen LogP contribution in [0.25, 0.3) is 0 Å². The van der Waals surface area contributed by atoms with Crippen LogP contribution in [0.4, 0.5) is 0 Å². The molecule has 0 aliphatic carbocycles. The molecule has 2 unspecified atom stereocenters. The van der Waals surface area contributed by atoms with E-state index in [1.54, 1.807) is 0 Å². The SMILES string of the molecule is CCCCC(CC)C(=O)OOOC(C)(C)C(CC)C(C)(C)C. The predicted octanol–water partition coefficient (Wildman–Crippen LogP) is 5.46. The van der Waals surface area contributed by atoms with E-state index >= 15 is 0 Å². The van der Waals surface area contributed by atoms with Crippen LogP contribution in [0.15, 0.2) is 0 Å². The molecule has 0 saturated carbocycles. The van der Waals surface area contributed by atoms with Crippen molar-refractivity contribution >= 4 is 5.97 Å². The fourth-order valence-corrected chi connectivity index (χ4v) is 3.35. The molecule has 0 spiro atoms. The van der Waals surface area contributed by atoms with Crippen LogP contribution >= 0.6 is 0 Å². The van der Waals surface area contributed by atoms with Crippen molar-refractivity contribution in [3.8, 4) is 0 Å². The van der Waals surface area contributed by atoms with Crippen molar-refractivity contribution in [2.75, 3.05) is 0 Å². The highest BCUT2D eigenvalue weighted by molar-refractivity contribution is 5.71. The molecule has 0 heterocycles. The largest absolute Gasteiger partial charge is 0.348 e. The Morgan fingerprint density at radius 2 is 1.59 bits per heavy atom. The third kappa shape index (κ3) is 7.10. The van der Waals surface area contributed by atoms with Gasteiger partial charge in [-0.05, 0) is 49.5 Å². The highest BCUT2D eigenvalue weighted by Gasteiger charge is 2.39. The standard InChI is InChI=1S/C18H36O4/c1-9-12-13-14(10-2)16(19)20-22-21-18(7,8)15(11-3)17(4,5)6/h14-15H,9-13H2,1-8H3. The molecule has 0 bridgehead atoms. The van der Waals surface area contributed by atoms with Crippen molar-refractivity contribution < 1.29 is 19.6 Å². The second-order valence-corrected chi connectivity index (χ2v) is 7.73. The Kier molecular flexibility index (Phi) is 9.25. The first kappa shape index (κ1) is 21.4. The van der Waals surface area contributed by atoms with Gasteiger partial charge < -0.3 is 0 Å². The van der Waals surface area contributed by atoms with Crippen molar-refractivity contribution in [2.24, 2.45) is 17.3 Å². The van der Waals surface area contributed by atoms with Crippen molar-refractivity contribution in [1.82, 2.24) is 0 Å². The highest BCUT2D eigenvalue weighted by atomic mass is 17.5. The Morgan fingerprint density at radius 3 is 2.00 bits per heavy atom. The van der Waals surface area contributed by atoms with Gasteiger partial charge in [-0.15, -0.1) is 0 Å². The lowest BCUT2D eigenvalue weighted by molar-refractivity contribution is -0.524. The maximum atomic E-state index is 12.0. The van der Waals surface area contributed by atoms with Gasteiger partial charge in [-0.1, -0.05) is 54.4 Å². The molecule has 0 aliphatic rings. The number of unbranched alkanes of at least 4 members (excludes halogenated alkanes) is 1. The summed E-state index contributed by atoms with van der Waals surface area (Å²) in [7, 11) is 0. The Hall–Kier alpha value is -0.610. The minimum Gasteiger partial charge on any atom is -0.269 e. The summed E-state index contributed by atoms with van der Waals surface area (Å²) >= 11 is 0. The first-order valence-corrected chi connectivity index (χ1v) is 8.66. The van der Waals surface area contributed by atoms with Crippen molar-refractivity contribution in [3.05, 3.63) is 0 Å². The Labute approximate surface area is 136 Å². The molecule has 0 fully saturated rings. The topological polar surface area (TPSA) is 44.8 Å². The molecule has 0 N–H and O–H groups in total. The monoisotopic (exact) mass is 316 g/mol. The quantitative estimate of drug-likeness (QED) is 0.396. The molecule has 0 radical (unpaired) electrons. The van der Waals surface area contributed by atoms with Gasteiger partial charge in [-0.3, -0.25) is 4.89 Å². The van der Waals surface area contributed by atoms with Gasteiger partial charge in [0, 0.05) is 0 Å². The molecule has 0 aromatic carbocycles.